The quantitative estimate of drug-likeness (QED) is 0.285. The maximum Gasteiger partial charge on any atom is 0.404 e. The summed E-state index contributed by atoms with van der Waals surface area (Å²) in [5.74, 6) is 6.13. The maximum absolute atomic E-state index is 10.4. The molecule has 0 spiro atoms. The van der Waals surface area contributed by atoms with E-state index in [1.165, 1.54) is 6.20 Å². The molecule has 0 saturated carbocycles. The first-order valence-corrected chi connectivity index (χ1v) is 7.42. The normalized spacial score (nSPS) is 10.1. The van der Waals surface area contributed by atoms with Crippen LogP contribution in [0.3, 0.4) is 0 Å². The van der Waals surface area contributed by atoms with Gasteiger partial charge in [-0.25, -0.2) is 9.78 Å². The first kappa shape index (κ1) is 19.0. The van der Waals surface area contributed by atoms with Gasteiger partial charge in [0, 0.05) is 32.5 Å². The lowest BCUT2D eigenvalue weighted by atomic mass is 10.3. The molecule has 126 valence electrons. The second-order valence-corrected chi connectivity index (χ2v) is 4.41. The summed E-state index contributed by atoms with van der Waals surface area (Å²) in [6, 6.07) is 0. The smallest absolute Gasteiger partial charge is 0.404 e. The van der Waals surface area contributed by atoms with Gasteiger partial charge in [0.05, 0.1) is 5.56 Å². The predicted octanol–water partition coefficient (Wildman–Crippen LogP) is 1.56. The Morgan fingerprint density at radius 2 is 2.09 bits per heavy atom. The fourth-order valence-corrected chi connectivity index (χ4v) is 1.64. The first-order chi connectivity index (χ1) is 11.1. The highest BCUT2D eigenvalue weighted by atomic mass is 35.5. The Bertz CT molecular complexity index is 568. The fraction of sp³-hybridized carbons (Fsp3) is 0.500. The number of nitrogens with zero attached hydrogens (tertiary/aromatic N) is 2. The molecule has 0 aliphatic carbocycles. The Balaban J connectivity index is 2.79. The molecule has 1 amide bonds. The Kier molecular flexibility index (Phi) is 8.75. The van der Waals surface area contributed by atoms with Gasteiger partial charge in [-0.15, -0.1) is 0 Å². The number of rotatable bonds is 8. The molecule has 1 rings (SSSR count). The standard InChI is InChI=1S/C14H19ClN4O4/c1-3-22-11(23-4-2)6-5-10-9-18-13(15)19-12(10)16-7-8-17-14(20)21/h9,11,17H,3-4,7-8H2,1-2H3,(H,20,21)(H,16,18,19). The van der Waals surface area contributed by atoms with Crippen LogP contribution >= 0.6 is 11.6 Å². The van der Waals surface area contributed by atoms with Gasteiger partial charge in [0.15, 0.2) is 0 Å². The van der Waals surface area contributed by atoms with Crippen molar-refractivity contribution in [2.24, 2.45) is 0 Å². The van der Waals surface area contributed by atoms with Crippen molar-refractivity contribution in [2.75, 3.05) is 31.6 Å². The van der Waals surface area contributed by atoms with Gasteiger partial charge in [0.2, 0.25) is 11.6 Å². The molecule has 0 aliphatic heterocycles. The van der Waals surface area contributed by atoms with Crippen LogP contribution in [0, 0.1) is 11.8 Å². The summed E-state index contributed by atoms with van der Waals surface area (Å²) in [5.41, 5.74) is 0.508. The number of hydrogen-bond donors (Lipinski definition) is 3. The number of amides is 1. The van der Waals surface area contributed by atoms with Crippen LogP contribution in [0.15, 0.2) is 6.20 Å². The van der Waals surface area contributed by atoms with Crippen molar-refractivity contribution in [3.63, 3.8) is 0 Å². The molecule has 0 atom stereocenters. The molecule has 1 aromatic rings. The third kappa shape index (κ3) is 7.65. The average molecular weight is 343 g/mol. The molecule has 0 radical (unpaired) electrons. The molecule has 1 aromatic heterocycles. The van der Waals surface area contributed by atoms with Crippen LogP contribution in [-0.4, -0.2) is 53.8 Å². The molecule has 0 bridgehead atoms. The number of nitrogens with one attached hydrogen (secondary N) is 2. The number of anilines is 1. The second kappa shape index (κ2) is 10.6. The zero-order valence-corrected chi connectivity index (χ0v) is 13.7. The van der Waals surface area contributed by atoms with Crippen LogP contribution < -0.4 is 10.6 Å². The van der Waals surface area contributed by atoms with E-state index in [-0.39, 0.29) is 11.8 Å². The van der Waals surface area contributed by atoms with E-state index in [0.717, 1.165) is 0 Å². The van der Waals surface area contributed by atoms with Crippen LogP contribution in [0.25, 0.3) is 0 Å². The van der Waals surface area contributed by atoms with Crippen LogP contribution in [0.5, 0.6) is 0 Å². The molecule has 0 unspecified atom stereocenters. The fourth-order valence-electron chi connectivity index (χ4n) is 1.51. The summed E-state index contributed by atoms with van der Waals surface area (Å²) in [5, 5.41) is 13.8. The number of carbonyl (C=O) groups is 1. The number of halogens is 1. The molecule has 1 heterocycles. The largest absolute Gasteiger partial charge is 0.465 e. The molecule has 0 aromatic carbocycles. The van der Waals surface area contributed by atoms with Crippen LogP contribution in [0.2, 0.25) is 5.28 Å². The lowest BCUT2D eigenvalue weighted by Gasteiger charge is -2.10. The number of ether oxygens (including phenoxy) is 2. The lowest BCUT2D eigenvalue weighted by Crippen LogP contribution is -2.27. The van der Waals surface area contributed by atoms with Gasteiger partial charge in [-0.05, 0) is 31.4 Å². The van der Waals surface area contributed by atoms with Gasteiger partial charge in [-0.3, -0.25) is 0 Å². The van der Waals surface area contributed by atoms with Crippen LogP contribution in [0.4, 0.5) is 10.6 Å². The Hall–Kier alpha value is -2.08. The Labute approximate surface area is 139 Å². The summed E-state index contributed by atoms with van der Waals surface area (Å²) < 4.78 is 10.7. The molecule has 0 saturated heterocycles. The molecule has 3 N–H and O–H groups in total. The minimum Gasteiger partial charge on any atom is -0.465 e. The van der Waals surface area contributed by atoms with Gasteiger partial charge in [0.1, 0.15) is 5.82 Å². The van der Waals surface area contributed by atoms with Crippen LogP contribution in [0.1, 0.15) is 19.4 Å². The number of carboxylic acid groups (broad SMARTS) is 1. The Morgan fingerprint density at radius 3 is 2.70 bits per heavy atom. The number of hydrogen-bond acceptors (Lipinski definition) is 6. The van der Waals surface area contributed by atoms with E-state index < -0.39 is 12.4 Å². The lowest BCUT2D eigenvalue weighted by molar-refractivity contribution is -0.0969. The van der Waals surface area contributed by atoms with E-state index in [2.05, 4.69) is 32.4 Å². The highest BCUT2D eigenvalue weighted by Gasteiger charge is 2.06. The minimum absolute atomic E-state index is 0.0652. The van der Waals surface area contributed by atoms with E-state index in [0.29, 0.717) is 31.1 Å². The topological polar surface area (TPSA) is 106 Å². The average Bonchev–Trinajstić information content (AvgIpc) is 2.50. The Morgan fingerprint density at radius 1 is 1.39 bits per heavy atom. The second-order valence-electron chi connectivity index (χ2n) is 4.07. The van der Waals surface area contributed by atoms with Crippen molar-refractivity contribution in [3.8, 4) is 11.8 Å². The SMILES string of the molecule is CCOC(C#Cc1cnc(Cl)nc1NCCNC(=O)O)OCC. The summed E-state index contributed by atoms with van der Waals surface area (Å²) in [4.78, 5) is 18.3. The highest BCUT2D eigenvalue weighted by Crippen LogP contribution is 2.12. The molecular weight excluding hydrogens is 324 g/mol. The van der Waals surface area contributed by atoms with E-state index in [9.17, 15) is 4.79 Å². The third-order valence-electron chi connectivity index (χ3n) is 2.41. The van der Waals surface area contributed by atoms with Crippen molar-refractivity contribution in [1.29, 1.82) is 0 Å². The molecule has 0 aliphatic rings. The molecule has 8 nitrogen and oxygen atoms in total. The summed E-state index contributed by atoms with van der Waals surface area (Å²) in [6.07, 6.45) is -0.254. The van der Waals surface area contributed by atoms with E-state index in [1.54, 1.807) is 0 Å². The van der Waals surface area contributed by atoms with Gasteiger partial charge < -0.3 is 25.2 Å². The van der Waals surface area contributed by atoms with E-state index in [1.807, 2.05) is 13.8 Å². The predicted molar refractivity (Wildman–Crippen MR) is 85.5 cm³/mol. The van der Waals surface area contributed by atoms with E-state index >= 15 is 0 Å². The van der Waals surface area contributed by atoms with Crippen molar-refractivity contribution in [1.82, 2.24) is 15.3 Å². The summed E-state index contributed by atoms with van der Waals surface area (Å²) in [7, 11) is 0. The third-order valence-corrected chi connectivity index (χ3v) is 2.60. The summed E-state index contributed by atoms with van der Waals surface area (Å²) in [6.45, 7) is 5.19. The van der Waals surface area contributed by atoms with Crippen molar-refractivity contribution in [3.05, 3.63) is 17.0 Å². The monoisotopic (exact) mass is 342 g/mol. The van der Waals surface area contributed by atoms with Crippen molar-refractivity contribution in [2.45, 2.75) is 20.1 Å². The molecule has 23 heavy (non-hydrogen) atoms. The van der Waals surface area contributed by atoms with Gasteiger partial charge in [-0.1, -0.05) is 5.92 Å². The van der Waals surface area contributed by atoms with Gasteiger partial charge in [0.25, 0.3) is 0 Å². The van der Waals surface area contributed by atoms with Crippen molar-refractivity contribution >= 4 is 23.5 Å². The van der Waals surface area contributed by atoms with Gasteiger partial charge in [-0.2, -0.15) is 4.98 Å². The molecule has 0 fully saturated rings. The van der Waals surface area contributed by atoms with Crippen molar-refractivity contribution < 1.29 is 19.4 Å². The van der Waals surface area contributed by atoms with Gasteiger partial charge >= 0.3 is 6.09 Å². The maximum atomic E-state index is 10.4. The van der Waals surface area contributed by atoms with E-state index in [4.69, 9.17) is 26.2 Å². The summed E-state index contributed by atoms with van der Waals surface area (Å²) >= 11 is 5.77. The zero-order chi connectivity index (χ0) is 17.1. The molecule has 9 heteroatoms. The number of aromatic nitrogens is 2. The zero-order valence-electron chi connectivity index (χ0n) is 12.9. The minimum atomic E-state index is -1.09. The highest BCUT2D eigenvalue weighted by molar-refractivity contribution is 6.28. The van der Waals surface area contributed by atoms with Crippen LogP contribution in [-0.2, 0) is 9.47 Å². The molecular formula is C14H19ClN4O4. The first-order valence-electron chi connectivity index (χ1n) is 7.04.